The fraction of sp³-hybridized carbons (Fsp3) is 0.400. The lowest BCUT2D eigenvalue weighted by Crippen LogP contribution is -2.27. The van der Waals surface area contributed by atoms with Crippen molar-refractivity contribution in [2.75, 3.05) is 6.54 Å². The second kappa shape index (κ2) is 6.86. The molecule has 1 N–H and O–H groups in total. The lowest BCUT2D eigenvalue weighted by molar-refractivity contribution is 0.506. The van der Waals surface area contributed by atoms with Crippen LogP contribution in [0.3, 0.4) is 0 Å². The van der Waals surface area contributed by atoms with E-state index in [4.69, 9.17) is 11.6 Å². The van der Waals surface area contributed by atoms with E-state index >= 15 is 0 Å². The third-order valence-corrected chi connectivity index (χ3v) is 3.56. The van der Waals surface area contributed by atoms with E-state index in [1.165, 1.54) is 6.07 Å². The van der Waals surface area contributed by atoms with Gasteiger partial charge in [0.05, 0.1) is 11.7 Å². The van der Waals surface area contributed by atoms with Gasteiger partial charge in [0.15, 0.2) is 0 Å². The van der Waals surface area contributed by atoms with Crippen LogP contribution in [0, 0.1) is 5.82 Å². The molecule has 0 saturated heterocycles. The Morgan fingerprint density at radius 3 is 2.80 bits per heavy atom. The summed E-state index contributed by atoms with van der Waals surface area (Å²) < 4.78 is 16.1. The quantitative estimate of drug-likeness (QED) is 0.879. The Labute approximate surface area is 123 Å². The van der Waals surface area contributed by atoms with Crippen molar-refractivity contribution >= 4 is 11.6 Å². The molecule has 0 spiro atoms. The molecule has 0 saturated carbocycles. The number of halogens is 2. The molecule has 20 heavy (non-hydrogen) atoms. The number of aryl methyl sites for hydroxylation is 1. The van der Waals surface area contributed by atoms with Crippen molar-refractivity contribution in [1.29, 1.82) is 0 Å². The van der Waals surface area contributed by atoms with Crippen molar-refractivity contribution < 1.29 is 4.39 Å². The molecule has 0 aliphatic heterocycles. The predicted molar refractivity (Wildman–Crippen MR) is 79.4 cm³/mol. The van der Waals surface area contributed by atoms with Crippen LogP contribution in [0.25, 0.3) is 0 Å². The second-order valence-corrected chi connectivity index (χ2v) is 5.00. The van der Waals surface area contributed by atoms with Crippen molar-refractivity contribution in [3.05, 3.63) is 52.6 Å². The van der Waals surface area contributed by atoms with Crippen molar-refractivity contribution in [1.82, 2.24) is 15.1 Å². The first kappa shape index (κ1) is 15.0. The van der Waals surface area contributed by atoms with E-state index in [-0.39, 0.29) is 11.9 Å². The van der Waals surface area contributed by atoms with E-state index in [1.54, 1.807) is 18.3 Å². The molecular formula is C15H19ClFN3. The largest absolute Gasteiger partial charge is 0.305 e. The van der Waals surface area contributed by atoms with E-state index in [2.05, 4.69) is 17.3 Å². The first-order valence-corrected chi connectivity index (χ1v) is 7.25. The molecule has 0 amide bonds. The Bertz CT molecular complexity index is 548. The summed E-state index contributed by atoms with van der Waals surface area (Å²) in [5.74, 6) is -0.296. The Kier molecular flexibility index (Phi) is 5.15. The fourth-order valence-electron chi connectivity index (χ4n) is 2.28. The smallest absolute Gasteiger partial charge is 0.129 e. The Balaban J connectivity index is 2.47. The highest BCUT2D eigenvalue weighted by Crippen LogP contribution is 2.30. The van der Waals surface area contributed by atoms with Gasteiger partial charge in [-0.05, 0) is 38.1 Å². The third kappa shape index (κ3) is 3.02. The highest BCUT2D eigenvalue weighted by Gasteiger charge is 2.23. The molecule has 1 unspecified atom stereocenters. The van der Waals surface area contributed by atoms with Gasteiger partial charge in [-0.25, -0.2) is 4.39 Å². The number of hydrogen-bond donors (Lipinski definition) is 1. The topological polar surface area (TPSA) is 29.9 Å². The van der Waals surface area contributed by atoms with E-state index in [0.29, 0.717) is 10.6 Å². The van der Waals surface area contributed by atoms with Crippen LogP contribution in [0.15, 0.2) is 30.5 Å². The van der Waals surface area contributed by atoms with Gasteiger partial charge in [0.25, 0.3) is 0 Å². The molecule has 3 nitrogen and oxygen atoms in total. The van der Waals surface area contributed by atoms with Gasteiger partial charge in [0.2, 0.25) is 0 Å². The average Bonchev–Trinajstić information content (AvgIpc) is 2.90. The normalized spacial score (nSPS) is 12.6. The summed E-state index contributed by atoms with van der Waals surface area (Å²) in [7, 11) is 0. The predicted octanol–water partition coefficient (Wildman–Crippen LogP) is 3.78. The molecule has 1 aromatic carbocycles. The summed E-state index contributed by atoms with van der Waals surface area (Å²) in [5.41, 5.74) is 1.41. The van der Waals surface area contributed by atoms with Crippen molar-refractivity contribution in [2.45, 2.75) is 32.9 Å². The van der Waals surface area contributed by atoms with Gasteiger partial charge in [-0.1, -0.05) is 24.6 Å². The van der Waals surface area contributed by atoms with E-state index in [1.807, 2.05) is 17.7 Å². The molecule has 5 heteroatoms. The lowest BCUT2D eigenvalue weighted by Gasteiger charge is -2.21. The summed E-state index contributed by atoms with van der Waals surface area (Å²) in [6.45, 7) is 5.60. The molecule has 0 bridgehead atoms. The Morgan fingerprint density at radius 1 is 1.35 bits per heavy atom. The first-order chi connectivity index (χ1) is 9.69. The summed E-state index contributed by atoms with van der Waals surface area (Å²) in [4.78, 5) is 0. The van der Waals surface area contributed by atoms with Crippen molar-refractivity contribution in [3.8, 4) is 0 Å². The fourth-order valence-corrected chi connectivity index (χ4v) is 2.55. The van der Waals surface area contributed by atoms with E-state index in [9.17, 15) is 4.39 Å². The van der Waals surface area contributed by atoms with Gasteiger partial charge in [-0.15, -0.1) is 0 Å². The summed E-state index contributed by atoms with van der Waals surface area (Å²) in [6, 6.07) is 6.39. The molecule has 1 heterocycles. The maximum Gasteiger partial charge on any atom is 0.129 e. The second-order valence-electron chi connectivity index (χ2n) is 4.59. The maximum absolute atomic E-state index is 14.2. The van der Waals surface area contributed by atoms with Crippen molar-refractivity contribution in [3.63, 3.8) is 0 Å². The van der Waals surface area contributed by atoms with Crippen LogP contribution in [0.5, 0.6) is 0 Å². The van der Waals surface area contributed by atoms with Crippen LogP contribution in [-0.4, -0.2) is 16.3 Å². The van der Waals surface area contributed by atoms with E-state index in [0.717, 1.165) is 25.2 Å². The molecule has 0 fully saturated rings. The highest BCUT2D eigenvalue weighted by atomic mass is 35.5. The van der Waals surface area contributed by atoms with Crippen LogP contribution in [0.4, 0.5) is 4.39 Å². The minimum Gasteiger partial charge on any atom is -0.305 e. The zero-order valence-electron chi connectivity index (χ0n) is 11.7. The van der Waals surface area contributed by atoms with Gasteiger partial charge >= 0.3 is 0 Å². The monoisotopic (exact) mass is 295 g/mol. The molecule has 1 aromatic heterocycles. The van der Waals surface area contributed by atoms with Gasteiger partial charge < -0.3 is 5.32 Å². The van der Waals surface area contributed by atoms with Gasteiger partial charge in [0, 0.05) is 23.3 Å². The van der Waals surface area contributed by atoms with Crippen LogP contribution >= 0.6 is 11.6 Å². The molecule has 108 valence electrons. The molecule has 0 radical (unpaired) electrons. The molecule has 2 rings (SSSR count). The van der Waals surface area contributed by atoms with Gasteiger partial charge in [-0.2, -0.15) is 5.10 Å². The molecule has 0 aliphatic carbocycles. The zero-order valence-corrected chi connectivity index (χ0v) is 12.5. The Hall–Kier alpha value is -1.39. The summed E-state index contributed by atoms with van der Waals surface area (Å²) in [6.07, 6.45) is 2.69. The standard InChI is InChI=1S/C15H19ClFN3/c1-3-9-18-15(13-8-10-19-20(13)4-2)14-11(16)6-5-7-12(14)17/h5-8,10,15,18H,3-4,9H2,1-2H3. The molecular weight excluding hydrogens is 277 g/mol. The third-order valence-electron chi connectivity index (χ3n) is 3.23. The van der Waals surface area contributed by atoms with Crippen LogP contribution < -0.4 is 5.32 Å². The number of benzene rings is 1. The van der Waals surface area contributed by atoms with Crippen LogP contribution in [0.2, 0.25) is 5.02 Å². The summed E-state index contributed by atoms with van der Waals surface area (Å²) in [5, 5.41) is 8.05. The number of rotatable bonds is 6. The number of hydrogen-bond acceptors (Lipinski definition) is 2. The van der Waals surface area contributed by atoms with E-state index < -0.39 is 0 Å². The maximum atomic E-state index is 14.2. The van der Waals surface area contributed by atoms with Gasteiger partial charge in [-0.3, -0.25) is 4.68 Å². The number of nitrogens with one attached hydrogen (secondary N) is 1. The number of nitrogens with zero attached hydrogens (tertiary/aromatic N) is 2. The average molecular weight is 296 g/mol. The van der Waals surface area contributed by atoms with Crippen LogP contribution in [0.1, 0.15) is 37.6 Å². The minimum atomic E-state index is -0.296. The lowest BCUT2D eigenvalue weighted by atomic mass is 10.0. The summed E-state index contributed by atoms with van der Waals surface area (Å²) >= 11 is 6.21. The Morgan fingerprint density at radius 2 is 2.15 bits per heavy atom. The minimum absolute atomic E-state index is 0.286. The zero-order chi connectivity index (χ0) is 14.5. The van der Waals surface area contributed by atoms with Crippen LogP contribution in [-0.2, 0) is 6.54 Å². The number of aromatic nitrogens is 2. The molecule has 0 aliphatic rings. The highest BCUT2D eigenvalue weighted by molar-refractivity contribution is 6.31. The van der Waals surface area contributed by atoms with Crippen molar-refractivity contribution in [2.24, 2.45) is 0 Å². The first-order valence-electron chi connectivity index (χ1n) is 6.88. The SMILES string of the molecule is CCCNC(c1c(F)cccc1Cl)c1ccnn1CC. The molecule has 1 atom stereocenters. The molecule has 2 aromatic rings. The van der Waals surface area contributed by atoms with Gasteiger partial charge in [0.1, 0.15) is 5.82 Å².